The van der Waals surface area contributed by atoms with Crippen molar-refractivity contribution in [3.05, 3.63) is 36.2 Å². The molecule has 2 nitrogen and oxygen atoms in total. The SMILES string of the molecule is CC(C)(C)C1(c2ccc3nccnc3c2)CC1. The largest absolute Gasteiger partial charge is 0.253 e. The molecule has 0 bridgehead atoms. The first-order valence-corrected chi connectivity index (χ1v) is 6.24. The van der Waals surface area contributed by atoms with E-state index in [1.54, 1.807) is 12.4 Å². The number of hydrogen-bond donors (Lipinski definition) is 0. The number of aromatic nitrogens is 2. The average Bonchev–Trinajstić information content (AvgIpc) is 3.09. The van der Waals surface area contributed by atoms with E-state index < -0.39 is 0 Å². The third-order valence-corrected chi connectivity index (χ3v) is 4.21. The van der Waals surface area contributed by atoms with Crippen LogP contribution >= 0.6 is 0 Å². The van der Waals surface area contributed by atoms with E-state index in [-0.39, 0.29) is 0 Å². The van der Waals surface area contributed by atoms with Crippen LogP contribution in [0.1, 0.15) is 39.2 Å². The van der Waals surface area contributed by atoms with Crippen molar-refractivity contribution in [3.63, 3.8) is 0 Å². The maximum Gasteiger partial charge on any atom is 0.0889 e. The first kappa shape index (κ1) is 10.7. The predicted octanol–water partition coefficient (Wildman–Crippen LogP) is 3.71. The van der Waals surface area contributed by atoms with E-state index in [1.807, 2.05) is 0 Å². The molecular formula is C15H18N2. The highest BCUT2D eigenvalue weighted by Gasteiger charge is 2.52. The molecule has 0 amide bonds. The van der Waals surface area contributed by atoms with Crippen molar-refractivity contribution in [1.29, 1.82) is 0 Å². The molecule has 3 rings (SSSR count). The van der Waals surface area contributed by atoms with E-state index in [0.717, 1.165) is 11.0 Å². The van der Waals surface area contributed by atoms with Crippen LogP contribution in [-0.2, 0) is 5.41 Å². The quantitative estimate of drug-likeness (QED) is 0.740. The highest BCUT2D eigenvalue weighted by Crippen LogP contribution is 2.59. The normalized spacial score (nSPS) is 18.3. The topological polar surface area (TPSA) is 25.8 Å². The molecule has 0 saturated heterocycles. The second-order valence-corrected chi connectivity index (χ2v) is 6.09. The molecule has 1 aromatic heterocycles. The van der Waals surface area contributed by atoms with Gasteiger partial charge in [0.05, 0.1) is 11.0 Å². The molecule has 1 fully saturated rings. The van der Waals surface area contributed by atoms with E-state index in [2.05, 4.69) is 48.9 Å². The third-order valence-electron chi connectivity index (χ3n) is 4.21. The van der Waals surface area contributed by atoms with Crippen LogP contribution < -0.4 is 0 Å². The summed E-state index contributed by atoms with van der Waals surface area (Å²) < 4.78 is 0. The van der Waals surface area contributed by atoms with Crippen molar-refractivity contribution in [1.82, 2.24) is 9.97 Å². The lowest BCUT2D eigenvalue weighted by Crippen LogP contribution is -2.26. The summed E-state index contributed by atoms with van der Waals surface area (Å²) >= 11 is 0. The summed E-state index contributed by atoms with van der Waals surface area (Å²) in [5, 5.41) is 0. The lowest BCUT2D eigenvalue weighted by atomic mass is 9.73. The first-order chi connectivity index (χ1) is 8.03. The Labute approximate surface area is 102 Å². The summed E-state index contributed by atoms with van der Waals surface area (Å²) in [6, 6.07) is 6.55. The van der Waals surface area contributed by atoms with Crippen molar-refractivity contribution in [2.45, 2.75) is 39.0 Å². The lowest BCUT2D eigenvalue weighted by Gasteiger charge is -2.31. The van der Waals surface area contributed by atoms with Gasteiger partial charge in [0.2, 0.25) is 0 Å². The maximum atomic E-state index is 4.40. The fourth-order valence-corrected chi connectivity index (χ4v) is 2.86. The Morgan fingerprint density at radius 3 is 2.24 bits per heavy atom. The molecule has 0 atom stereocenters. The average molecular weight is 226 g/mol. The van der Waals surface area contributed by atoms with E-state index in [0.29, 0.717) is 10.8 Å². The van der Waals surface area contributed by atoms with Gasteiger partial charge in [-0.3, -0.25) is 9.97 Å². The van der Waals surface area contributed by atoms with Crippen LogP contribution in [0.15, 0.2) is 30.6 Å². The Kier molecular flexibility index (Phi) is 2.07. The fourth-order valence-electron chi connectivity index (χ4n) is 2.86. The second kappa shape index (κ2) is 3.28. The molecule has 2 heteroatoms. The maximum absolute atomic E-state index is 4.40. The molecule has 0 radical (unpaired) electrons. The molecular weight excluding hydrogens is 208 g/mol. The predicted molar refractivity (Wildman–Crippen MR) is 69.9 cm³/mol. The zero-order chi connectivity index (χ0) is 12.1. The molecule has 1 aliphatic carbocycles. The summed E-state index contributed by atoms with van der Waals surface area (Å²) in [6.45, 7) is 7.00. The summed E-state index contributed by atoms with van der Waals surface area (Å²) in [7, 11) is 0. The van der Waals surface area contributed by atoms with E-state index in [9.17, 15) is 0 Å². The molecule has 88 valence electrons. The standard InChI is InChI=1S/C15H18N2/c1-14(2,3)15(6-7-15)11-4-5-12-13(10-11)17-9-8-16-12/h4-5,8-10H,6-7H2,1-3H3. The minimum atomic E-state index is 0.322. The first-order valence-electron chi connectivity index (χ1n) is 6.24. The van der Waals surface area contributed by atoms with Crippen LogP contribution in [0.4, 0.5) is 0 Å². The molecule has 2 aromatic rings. The highest BCUT2D eigenvalue weighted by molar-refractivity contribution is 5.75. The van der Waals surface area contributed by atoms with Gasteiger partial charge in [0.25, 0.3) is 0 Å². The van der Waals surface area contributed by atoms with Crippen LogP contribution in [0.3, 0.4) is 0 Å². The van der Waals surface area contributed by atoms with Crippen LogP contribution in [0.25, 0.3) is 11.0 Å². The van der Waals surface area contributed by atoms with Crippen molar-refractivity contribution >= 4 is 11.0 Å². The van der Waals surface area contributed by atoms with Gasteiger partial charge in [0, 0.05) is 17.8 Å². The number of hydrogen-bond acceptors (Lipinski definition) is 2. The van der Waals surface area contributed by atoms with Gasteiger partial charge in [-0.15, -0.1) is 0 Å². The number of rotatable bonds is 1. The Bertz CT molecular complexity index is 562. The Morgan fingerprint density at radius 2 is 1.65 bits per heavy atom. The van der Waals surface area contributed by atoms with Gasteiger partial charge in [-0.2, -0.15) is 0 Å². The number of fused-ring (bicyclic) bond motifs is 1. The molecule has 1 saturated carbocycles. The van der Waals surface area contributed by atoms with E-state index in [1.165, 1.54) is 18.4 Å². The van der Waals surface area contributed by atoms with Crippen LogP contribution in [0.2, 0.25) is 0 Å². The van der Waals surface area contributed by atoms with Crippen molar-refractivity contribution < 1.29 is 0 Å². The molecule has 0 spiro atoms. The summed E-state index contributed by atoms with van der Waals surface area (Å²) in [6.07, 6.45) is 6.10. The van der Waals surface area contributed by atoms with E-state index >= 15 is 0 Å². The molecule has 0 aliphatic heterocycles. The number of nitrogens with zero attached hydrogens (tertiary/aromatic N) is 2. The van der Waals surface area contributed by atoms with Crippen LogP contribution in [-0.4, -0.2) is 9.97 Å². The minimum absolute atomic E-state index is 0.322. The summed E-state index contributed by atoms with van der Waals surface area (Å²) in [4.78, 5) is 8.73. The highest BCUT2D eigenvalue weighted by atomic mass is 14.8. The second-order valence-electron chi connectivity index (χ2n) is 6.09. The Hall–Kier alpha value is -1.44. The van der Waals surface area contributed by atoms with Gasteiger partial charge < -0.3 is 0 Å². The Balaban J connectivity index is 2.13. The Morgan fingerprint density at radius 1 is 1.00 bits per heavy atom. The van der Waals surface area contributed by atoms with Crippen molar-refractivity contribution in [2.75, 3.05) is 0 Å². The molecule has 1 aromatic carbocycles. The molecule has 0 N–H and O–H groups in total. The summed E-state index contributed by atoms with van der Waals surface area (Å²) in [5.41, 5.74) is 4.11. The van der Waals surface area contributed by atoms with Gasteiger partial charge in [-0.05, 0) is 36.0 Å². The van der Waals surface area contributed by atoms with Gasteiger partial charge in [0.15, 0.2) is 0 Å². The lowest BCUT2D eigenvalue weighted by molar-refractivity contribution is 0.299. The summed E-state index contributed by atoms with van der Waals surface area (Å²) in [5.74, 6) is 0. The van der Waals surface area contributed by atoms with Gasteiger partial charge >= 0.3 is 0 Å². The molecule has 1 aliphatic rings. The zero-order valence-corrected chi connectivity index (χ0v) is 10.7. The number of benzene rings is 1. The van der Waals surface area contributed by atoms with Gasteiger partial charge in [-0.1, -0.05) is 26.8 Å². The van der Waals surface area contributed by atoms with Gasteiger partial charge in [0.1, 0.15) is 0 Å². The van der Waals surface area contributed by atoms with Crippen molar-refractivity contribution in [3.8, 4) is 0 Å². The van der Waals surface area contributed by atoms with Crippen LogP contribution in [0.5, 0.6) is 0 Å². The van der Waals surface area contributed by atoms with Crippen LogP contribution in [0, 0.1) is 5.41 Å². The van der Waals surface area contributed by atoms with Crippen molar-refractivity contribution in [2.24, 2.45) is 5.41 Å². The smallest absolute Gasteiger partial charge is 0.0889 e. The molecule has 0 unspecified atom stereocenters. The molecule has 17 heavy (non-hydrogen) atoms. The monoisotopic (exact) mass is 226 g/mol. The zero-order valence-electron chi connectivity index (χ0n) is 10.7. The molecule has 1 heterocycles. The third kappa shape index (κ3) is 1.54. The fraction of sp³-hybridized carbons (Fsp3) is 0.467. The van der Waals surface area contributed by atoms with Gasteiger partial charge in [-0.25, -0.2) is 0 Å². The minimum Gasteiger partial charge on any atom is -0.253 e. The van der Waals surface area contributed by atoms with E-state index in [4.69, 9.17) is 0 Å².